The number of carbonyl (C=O) groups excluding carboxylic acids is 3. The fourth-order valence-corrected chi connectivity index (χ4v) is 8.61. The zero-order valence-electron chi connectivity index (χ0n) is 50.2. The van der Waals surface area contributed by atoms with Gasteiger partial charge in [0, 0.05) is 19.3 Å². The molecule has 6 heteroatoms. The molecule has 0 aromatic rings. The summed E-state index contributed by atoms with van der Waals surface area (Å²) in [6, 6.07) is 0. The number of ether oxygens (including phenoxy) is 3. The van der Waals surface area contributed by atoms with Gasteiger partial charge in [0.15, 0.2) is 6.10 Å². The van der Waals surface area contributed by atoms with E-state index in [0.29, 0.717) is 19.3 Å². The van der Waals surface area contributed by atoms with Crippen LogP contribution in [0.3, 0.4) is 0 Å². The minimum absolute atomic E-state index is 0.0922. The zero-order chi connectivity index (χ0) is 55.7. The molecule has 438 valence electrons. The Bertz CT molecular complexity index is 1600. The number of hydrogen-bond acceptors (Lipinski definition) is 6. The summed E-state index contributed by atoms with van der Waals surface area (Å²) in [5.41, 5.74) is 0. The lowest BCUT2D eigenvalue weighted by molar-refractivity contribution is -0.167. The lowest BCUT2D eigenvalue weighted by Gasteiger charge is -2.18. The maximum atomic E-state index is 12.9. The molecule has 1 atom stereocenters. The van der Waals surface area contributed by atoms with E-state index in [-0.39, 0.29) is 31.1 Å². The van der Waals surface area contributed by atoms with Gasteiger partial charge >= 0.3 is 17.9 Å². The van der Waals surface area contributed by atoms with Crippen LogP contribution in [0.4, 0.5) is 0 Å². The molecule has 0 saturated heterocycles. The highest BCUT2D eigenvalue weighted by Gasteiger charge is 2.19. The number of unbranched alkanes of at least 4 members (excludes halogenated alkanes) is 26. The van der Waals surface area contributed by atoms with Gasteiger partial charge in [0.25, 0.3) is 0 Å². The van der Waals surface area contributed by atoms with Crippen molar-refractivity contribution < 1.29 is 28.6 Å². The van der Waals surface area contributed by atoms with Crippen LogP contribution in [0.1, 0.15) is 290 Å². The van der Waals surface area contributed by atoms with Crippen molar-refractivity contribution in [1.29, 1.82) is 0 Å². The molecule has 0 aliphatic rings. The molecule has 0 aromatic heterocycles. The van der Waals surface area contributed by atoms with Crippen LogP contribution in [-0.2, 0) is 28.6 Å². The van der Waals surface area contributed by atoms with Gasteiger partial charge in [0.05, 0.1) is 0 Å². The maximum Gasteiger partial charge on any atom is 0.306 e. The van der Waals surface area contributed by atoms with Crippen molar-refractivity contribution in [3.63, 3.8) is 0 Å². The van der Waals surface area contributed by atoms with E-state index in [1.807, 2.05) is 0 Å². The minimum atomic E-state index is -0.797. The number of esters is 3. The monoisotopic (exact) mass is 1070 g/mol. The summed E-state index contributed by atoms with van der Waals surface area (Å²) in [5, 5.41) is 0. The highest BCUT2D eigenvalue weighted by Crippen LogP contribution is 2.15. The molecule has 0 aliphatic carbocycles. The average molecular weight is 1070 g/mol. The molecular formula is C71H118O6. The van der Waals surface area contributed by atoms with Crippen LogP contribution in [0, 0.1) is 0 Å². The highest BCUT2D eigenvalue weighted by atomic mass is 16.6. The van der Waals surface area contributed by atoms with E-state index in [1.54, 1.807) is 0 Å². The Labute approximate surface area is 475 Å². The standard InChI is InChI=1S/C71H118O6/c1-4-7-10-13-16-19-22-25-28-30-31-32-33-34-35-36-37-38-39-40-41-42-44-46-49-52-55-58-61-64-70(73)76-67-68(66-75-69(72)63-60-57-54-51-48-45-27-24-21-18-15-12-9-6-3)77-71(74)65-62-59-56-53-50-47-43-29-26-23-20-17-14-11-8-5-2/h7,10,15-16,18-20,23-25,27-29,31-32,34-35,37-38,43,68H,4-6,8-9,11-14,17,21-22,26,30,33,36,39-42,44-67H2,1-3H3/b10-7-,18-15-,19-16-,23-20-,27-24-,28-25-,32-31-,35-34-,38-37-,43-29-. The third-order valence-electron chi connectivity index (χ3n) is 13.4. The van der Waals surface area contributed by atoms with Gasteiger partial charge in [-0.1, -0.05) is 264 Å². The molecule has 0 radical (unpaired) electrons. The van der Waals surface area contributed by atoms with Crippen molar-refractivity contribution in [3.8, 4) is 0 Å². The molecule has 0 fully saturated rings. The molecule has 0 N–H and O–H groups in total. The van der Waals surface area contributed by atoms with Crippen LogP contribution in [0.5, 0.6) is 0 Å². The fourth-order valence-electron chi connectivity index (χ4n) is 8.61. The highest BCUT2D eigenvalue weighted by molar-refractivity contribution is 5.71. The van der Waals surface area contributed by atoms with Gasteiger partial charge in [-0.2, -0.15) is 0 Å². The van der Waals surface area contributed by atoms with E-state index in [4.69, 9.17) is 14.2 Å². The van der Waals surface area contributed by atoms with Crippen molar-refractivity contribution in [2.24, 2.45) is 0 Å². The lowest BCUT2D eigenvalue weighted by Crippen LogP contribution is -2.30. The average Bonchev–Trinajstić information content (AvgIpc) is 3.43. The first kappa shape index (κ1) is 72.8. The van der Waals surface area contributed by atoms with Gasteiger partial charge in [0.2, 0.25) is 0 Å². The van der Waals surface area contributed by atoms with E-state index in [9.17, 15) is 14.4 Å². The second kappa shape index (κ2) is 64.3. The van der Waals surface area contributed by atoms with Gasteiger partial charge in [-0.05, 0) is 128 Å². The summed E-state index contributed by atoms with van der Waals surface area (Å²) in [4.78, 5) is 38.3. The van der Waals surface area contributed by atoms with Crippen LogP contribution in [0.2, 0.25) is 0 Å². The van der Waals surface area contributed by atoms with E-state index in [0.717, 1.165) is 148 Å². The number of rotatable bonds is 57. The van der Waals surface area contributed by atoms with Crippen LogP contribution in [0.15, 0.2) is 122 Å². The SMILES string of the molecule is CC/C=C\C/C=C\C/C=C\C/C=C\C/C=C\C/C=C\CCCCCCCCCCCCC(=O)OCC(COC(=O)CCCCCCC/C=C\C/C=C\CCCC)OC(=O)CCCCCCC/C=C\C/C=C\CCCCCC. The van der Waals surface area contributed by atoms with Gasteiger partial charge in [-0.25, -0.2) is 0 Å². The third-order valence-corrected chi connectivity index (χ3v) is 13.4. The Balaban J connectivity index is 4.33. The Morgan fingerprint density at radius 2 is 0.519 bits per heavy atom. The molecule has 0 saturated carbocycles. The minimum Gasteiger partial charge on any atom is -0.462 e. The quantitative estimate of drug-likeness (QED) is 0.0261. The van der Waals surface area contributed by atoms with Gasteiger partial charge in [0.1, 0.15) is 13.2 Å². The first-order chi connectivity index (χ1) is 38.0. The predicted molar refractivity (Wildman–Crippen MR) is 334 cm³/mol. The van der Waals surface area contributed by atoms with Crippen molar-refractivity contribution in [3.05, 3.63) is 122 Å². The Kier molecular flexibility index (Phi) is 60.8. The second-order valence-corrected chi connectivity index (χ2v) is 20.9. The smallest absolute Gasteiger partial charge is 0.306 e. The summed E-state index contributed by atoms with van der Waals surface area (Å²) in [6.45, 7) is 6.45. The lowest BCUT2D eigenvalue weighted by atomic mass is 10.1. The molecule has 0 rings (SSSR count). The second-order valence-electron chi connectivity index (χ2n) is 20.9. The molecule has 0 aromatic carbocycles. The van der Waals surface area contributed by atoms with Gasteiger partial charge in [-0.15, -0.1) is 0 Å². The zero-order valence-corrected chi connectivity index (χ0v) is 50.2. The maximum absolute atomic E-state index is 12.9. The van der Waals surface area contributed by atoms with Crippen LogP contribution in [-0.4, -0.2) is 37.2 Å². The molecule has 0 bridgehead atoms. The van der Waals surface area contributed by atoms with Gasteiger partial charge in [-0.3, -0.25) is 14.4 Å². The van der Waals surface area contributed by atoms with E-state index in [1.165, 1.54) is 103 Å². The number of hydrogen-bond donors (Lipinski definition) is 0. The molecule has 0 aliphatic heterocycles. The molecule has 0 amide bonds. The summed E-state index contributed by atoms with van der Waals surface area (Å²) < 4.78 is 16.9. The summed E-state index contributed by atoms with van der Waals surface area (Å²) >= 11 is 0. The number of carbonyl (C=O) groups is 3. The third kappa shape index (κ3) is 62.5. The van der Waals surface area contributed by atoms with Crippen molar-refractivity contribution in [2.45, 2.75) is 297 Å². The molecule has 0 spiro atoms. The van der Waals surface area contributed by atoms with Crippen LogP contribution < -0.4 is 0 Å². The molecule has 1 unspecified atom stereocenters. The normalized spacial score (nSPS) is 12.9. The fraction of sp³-hybridized carbons (Fsp3) is 0.676. The van der Waals surface area contributed by atoms with E-state index >= 15 is 0 Å². The summed E-state index contributed by atoms with van der Waals surface area (Å²) in [6.07, 6.45) is 89.1. The van der Waals surface area contributed by atoms with Crippen LogP contribution in [0.25, 0.3) is 0 Å². The van der Waals surface area contributed by atoms with Crippen molar-refractivity contribution >= 4 is 17.9 Å². The Morgan fingerprint density at radius 1 is 0.273 bits per heavy atom. The van der Waals surface area contributed by atoms with Crippen LogP contribution >= 0.6 is 0 Å². The van der Waals surface area contributed by atoms with Gasteiger partial charge < -0.3 is 14.2 Å². The Hall–Kier alpha value is -4.19. The largest absolute Gasteiger partial charge is 0.462 e. The molecule has 6 nitrogen and oxygen atoms in total. The first-order valence-electron chi connectivity index (χ1n) is 32.0. The van der Waals surface area contributed by atoms with Crippen molar-refractivity contribution in [2.75, 3.05) is 13.2 Å². The summed E-state index contributed by atoms with van der Waals surface area (Å²) in [5.74, 6) is -0.920. The predicted octanol–water partition coefficient (Wildman–Crippen LogP) is 22.0. The topological polar surface area (TPSA) is 78.9 Å². The summed E-state index contributed by atoms with van der Waals surface area (Å²) in [7, 11) is 0. The van der Waals surface area contributed by atoms with Crippen molar-refractivity contribution in [1.82, 2.24) is 0 Å². The molecule has 77 heavy (non-hydrogen) atoms. The number of allylic oxidation sites excluding steroid dienone is 20. The Morgan fingerprint density at radius 3 is 0.831 bits per heavy atom. The molecular weight excluding hydrogens is 949 g/mol. The van der Waals surface area contributed by atoms with E-state index in [2.05, 4.69) is 142 Å². The first-order valence-corrected chi connectivity index (χ1v) is 32.0. The van der Waals surface area contributed by atoms with E-state index < -0.39 is 6.10 Å². The molecule has 0 heterocycles.